The molecule has 1 saturated heterocycles. The van der Waals surface area contributed by atoms with Crippen molar-refractivity contribution in [2.45, 2.75) is 127 Å². The first-order chi connectivity index (χ1) is 26.7. The van der Waals surface area contributed by atoms with E-state index in [1.165, 1.54) is 16.7 Å². The van der Waals surface area contributed by atoms with Crippen LogP contribution in [0.25, 0.3) is 0 Å². The molecule has 0 aromatic heterocycles. The minimum Gasteiger partial charge on any atom is -0.511 e. The first-order valence-corrected chi connectivity index (χ1v) is 20.4. The molecule has 5 aliphatic heterocycles. The third-order valence-electron chi connectivity index (χ3n) is 12.0. The second-order valence-electron chi connectivity index (χ2n) is 16.4. The number of aliphatic hydroxyl groups is 2. The van der Waals surface area contributed by atoms with Gasteiger partial charge in [-0.15, -0.1) is 0 Å². The summed E-state index contributed by atoms with van der Waals surface area (Å²) < 4.78 is 5.73. The number of nitrogens with one attached hydrogen (secondary N) is 1. The van der Waals surface area contributed by atoms with Crippen LogP contribution >= 0.6 is 0 Å². The number of carbonyl (C=O) groups is 1. The van der Waals surface area contributed by atoms with Crippen molar-refractivity contribution in [2.75, 3.05) is 6.61 Å². The average Bonchev–Trinajstić information content (AvgIpc) is 3.89. The highest BCUT2D eigenvalue weighted by molar-refractivity contribution is 6.21. The normalized spacial score (nSPS) is 22.7. The van der Waals surface area contributed by atoms with E-state index in [0.717, 1.165) is 111 Å². The van der Waals surface area contributed by atoms with Crippen molar-refractivity contribution in [1.29, 1.82) is 0 Å². The molecule has 3 atom stereocenters. The number of nitrogens with zero attached hydrogens (tertiary/aromatic N) is 3. The maximum absolute atomic E-state index is 13.2. The summed E-state index contributed by atoms with van der Waals surface area (Å²) in [6, 6.07) is 0. The molecule has 6 rings (SSSR count). The summed E-state index contributed by atoms with van der Waals surface area (Å²) >= 11 is 0. The molecule has 8 bridgehead atoms. The number of allylic oxidation sites excluding steroid dienone is 16. The summed E-state index contributed by atoms with van der Waals surface area (Å²) in [5, 5.41) is 26.1. The molecule has 6 aliphatic rings. The molecule has 1 aliphatic carbocycles. The van der Waals surface area contributed by atoms with Crippen LogP contribution in [0.1, 0.15) is 121 Å². The van der Waals surface area contributed by atoms with Crippen molar-refractivity contribution in [1.82, 2.24) is 5.32 Å². The summed E-state index contributed by atoms with van der Waals surface area (Å²) in [6.45, 7) is 21.0. The Balaban J connectivity index is 1.26. The van der Waals surface area contributed by atoms with Crippen molar-refractivity contribution in [3.05, 3.63) is 126 Å². The number of aliphatic imine (C=N–C) groups is 3. The molecule has 0 saturated carbocycles. The lowest BCUT2D eigenvalue weighted by molar-refractivity contribution is -0.142. The van der Waals surface area contributed by atoms with E-state index in [2.05, 4.69) is 72.0 Å². The van der Waals surface area contributed by atoms with Gasteiger partial charge in [-0.1, -0.05) is 42.7 Å². The number of rotatable bonds is 13. The van der Waals surface area contributed by atoms with Crippen molar-refractivity contribution in [2.24, 2.45) is 26.8 Å². The molecule has 0 amide bonds. The van der Waals surface area contributed by atoms with Crippen LogP contribution in [0.3, 0.4) is 0 Å². The first kappa shape index (κ1) is 40.8. The number of aliphatic hydroxyl groups excluding tert-OH is 2. The van der Waals surface area contributed by atoms with Crippen LogP contribution in [0.5, 0.6) is 0 Å². The number of hydrogen-bond acceptors (Lipinski definition) is 8. The zero-order valence-electron chi connectivity index (χ0n) is 35.1. The Morgan fingerprint density at radius 3 is 2.29 bits per heavy atom. The average molecular weight is 757 g/mol. The summed E-state index contributed by atoms with van der Waals surface area (Å²) in [5.41, 5.74) is 17.3. The van der Waals surface area contributed by atoms with Gasteiger partial charge in [0.25, 0.3) is 0 Å². The Hall–Kier alpha value is -4.82. The van der Waals surface area contributed by atoms with Gasteiger partial charge >= 0.3 is 5.97 Å². The van der Waals surface area contributed by atoms with Gasteiger partial charge in [0, 0.05) is 52.8 Å². The molecule has 296 valence electrons. The molecule has 8 heteroatoms. The molecule has 3 N–H and O–H groups in total. The van der Waals surface area contributed by atoms with E-state index in [1.54, 1.807) is 6.92 Å². The summed E-state index contributed by atoms with van der Waals surface area (Å²) in [4.78, 5) is 28.5. The highest BCUT2D eigenvalue weighted by Gasteiger charge is 2.41. The molecule has 0 radical (unpaired) electrons. The maximum atomic E-state index is 13.2. The van der Waals surface area contributed by atoms with E-state index in [4.69, 9.17) is 19.7 Å². The monoisotopic (exact) mass is 756 g/mol. The number of carbonyl (C=O) groups excluding carboxylic acids is 1. The second kappa shape index (κ2) is 17.1. The van der Waals surface area contributed by atoms with Gasteiger partial charge in [-0.3, -0.25) is 4.79 Å². The van der Waals surface area contributed by atoms with Gasteiger partial charge in [0.1, 0.15) is 12.4 Å². The summed E-state index contributed by atoms with van der Waals surface area (Å²) in [7, 11) is 0. The summed E-state index contributed by atoms with van der Waals surface area (Å²) in [5.74, 6) is 0.0565. The van der Waals surface area contributed by atoms with Gasteiger partial charge < -0.3 is 20.3 Å². The zero-order valence-corrected chi connectivity index (χ0v) is 35.1. The van der Waals surface area contributed by atoms with E-state index < -0.39 is 6.10 Å². The largest absolute Gasteiger partial charge is 0.511 e. The fourth-order valence-electron chi connectivity index (χ4n) is 8.61. The smallest absolute Gasteiger partial charge is 0.306 e. The van der Waals surface area contributed by atoms with Crippen LogP contribution < -0.4 is 5.32 Å². The maximum Gasteiger partial charge on any atom is 0.306 e. The van der Waals surface area contributed by atoms with Crippen LogP contribution in [0, 0.1) is 11.8 Å². The highest BCUT2D eigenvalue weighted by Crippen LogP contribution is 2.46. The molecular weight excluding hydrogens is 697 g/mol. The van der Waals surface area contributed by atoms with Gasteiger partial charge in [0.05, 0.1) is 40.3 Å². The SMILES string of the molecule is CCC1=C(C)C2=NC1=CC1=C(C)C3=C(O)CC(=C4NC(=CC5=NC(=C2)C([C@@H](C)O)=C5C)[C@@H](C)[C@@H]4CCC(=O)OC/C=C(\C)CC/C=C(\C)CCC=C(C)C)C3=N1. The molecule has 0 spiro atoms. The highest BCUT2D eigenvalue weighted by atomic mass is 16.5. The molecule has 0 aromatic rings. The standard InChI is InChI=1S/C48H60N4O4/c1-11-34-29(6)37-25-42-45(33(10)53)31(8)39(50-42)23-38-30(7)35(18-19-44(55)56-21-20-28(5)17-13-16-27(4)15-12-14-26(2)3)47(51-38)36-22-43(54)46-32(9)40(52-48(36)46)24-41(34)49-37/h14,16,20,23-25,30,33,35,51,53-54H,11-13,15,17-19,21-22H2,1-10H3/b27-16+,28-20+,38-23?,41-24?,42-25?,47-36?/t30-,33+,35-/m0/s1. The molecular formula is C48H60N4O4. The van der Waals surface area contributed by atoms with Gasteiger partial charge in [-0.25, -0.2) is 15.0 Å². The van der Waals surface area contributed by atoms with Crippen LogP contribution in [0.4, 0.5) is 0 Å². The van der Waals surface area contributed by atoms with Crippen LogP contribution in [-0.4, -0.2) is 46.0 Å². The fraction of sp³-hybridized carbons (Fsp3) is 0.458. The van der Waals surface area contributed by atoms with Crippen LogP contribution in [0.15, 0.2) is 141 Å². The molecule has 5 heterocycles. The lowest BCUT2D eigenvalue weighted by Crippen LogP contribution is -2.16. The van der Waals surface area contributed by atoms with Crippen molar-refractivity contribution < 1.29 is 19.7 Å². The van der Waals surface area contributed by atoms with Crippen LogP contribution in [0.2, 0.25) is 0 Å². The molecule has 0 aromatic carbocycles. The number of ether oxygens (including phenoxy) is 1. The third-order valence-corrected chi connectivity index (χ3v) is 12.0. The third kappa shape index (κ3) is 8.46. The fourth-order valence-corrected chi connectivity index (χ4v) is 8.61. The van der Waals surface area contributed by atoms with Crippen molar-refractivity contribution in [3.63, 3.8) is 0 Å². The van der Waals surface area contributed by atoms with Gasteiger partial charge in [-0.2, -0.15) is 0 Å². The predicted molar refractivity (Wildman–Crippen MR) is 229 cm³/mol. The van der Waals surface area contributed by atoms with E-state index >= 15 is 0 Å². The van der Waals surface area contributed by atoms with Gasteiger partial charge in [-0.05, 0) is 141 Å². The minimum atomic E-state index is -0.715. The lowest BCUT2D eigenvalue weighted by atomic mass is 9.86. The van der Waals surface area contributed by atoms with Gasteiger partial charge in [0.2, 0.25) is 0 Å². The molecule has 8 nitrogen and oxygen atoms in total. The lowest BCUT2D eigenvalue weighted by Gasteiger charge is -2.17. The minimum absolute atomic E-state index is 0.0155. The Labute approximate surface area is 333 Å². The van der Waals surface area contributed by atoms with Gasteiger partial charge in [0.15, 0.2) is 0 Å². The quantitative estimate of drug-likeness (QED) is 0.128. The Morgan fingerprint density at radius 1 is 0.911 bits per heavy atom. The Morgan fingerprint density at radius 2 is 1.59 bits per heavy atom. The number of fused-ring (bicyclic) bond motifs is 5. The summed E-state index contributed by atoms with van der Waals surface area (Å²) in [6.07, 6.45) is 18.1. The predicted octanol–water partition coefficient (Wildman–Crippen LogP) is 10.8. The van der Waals surface area contributed by atoms with E-state index in [1.807, 2.05) is 32.1 Å². The molecule has 1 fully saturated rings. The van der Waals surface area contributed by atoms with Crippen molar-refractivity contribution >= 4 is 23.1 Å². The topological polar surface area (TPSA) is 116 Å². The zero-order chi connectivity index (χ0) is 40.4. The molecule has 0 unspecified atom stereocenters. The number of hydrogen-bond donors (Lipinski definition) is 3. The van der Waals surface area contributed by atoms with Crippen LogP contribution in [-0.2, 0) is 9.53 Å². The van der Waals surface area contributed by atoms with E-state index in [-0.39, 0.29) is 30.8 Å². The van der Waals surface area contributed by atoms with Crippen molar-refractivity contribution in [3.8, 4) is 0 Å². The Bertz CT molecular complexity index is 2160. The molecule has 56 heavy (non-hydrogen) atoms. The Kier molecular flexibility index (Phi) is 12.5. The second-order valence-corrected chi connectivity index (χ2v) is 16.4. The first-order valence-electron chi connectivity index (χ1n) is 20.4. The van der Waals surface area contributed by atoms with E-state index in [9.17, 15) is 15.0 Å². The number of esters is 1. The van der Waals surface area contributed by atoms with E-state index in [0.29, 0.717) is 24.3 Å².